The summed E-state index contributed by atoms with van der Waals surface area (Å²) in [6.07, 6.45) is 9.35. The Morgan fingerprint density at radius 3 is 2.23 bits per heavy atom. The largest absolute Gasteiger partial charge is 0.292 e. The third-order valence-corrected chi connectivity index (χ3v) is 3.12. The van der Waals surface area contributed by atoms with Crippen molar-refractivity contribution in [2.75, 3.05) is 13.6 Å². The number of hydrogen-bond donors (Lipinski definition) is 0. The number of rotatable bonds is 2. The van der Waals surface area contributed by atoms with Crippen LogP contribution in [-0.2, 0) is 0 Å². The Morgan fingerprint density at radius 2 is 1.77 bits per heavy atom. The quantitative estimate of drug-likeness (QED) is 0.588. The molecule has 2 atom stereocenters. The van der Waals surface area contributed by atoms with Crippen LogP contribution in [0.5, 0.6) is 0 Å². The molecule has 0 saturated heterocycles. The van der Waals surface area contributed by atoms with Gasteiger partial charge in [0.25, 0.3) is 0 Å². The predicted octanol–water partition coefficient (Wildman–Crippen LogP) is 2.38. The van der Waals surface area contributed by atoms with Crippen LogP contribution in [0.2, 0.25) is 0 Å². The normalized spacial score (nSPS) is 34.5. The number of nitrogens with zero attached hydrogens (tertiary/aromatic N) is 1. The van der Waals surface area contributed by atoms with Crippen molar-refractivity contribution >= 4 is 0 Å². The second-order valence-corrected chi connectivity index (χ2v) is 4.69. The second kappa shape index (κ2) is 4.67. The minimum atomic E-state index is 0.717. The molecule has 1 fully saturated rings. The van der Waals surface area contributed by atoms with Crippen molar-refractivity contribution in [3.05, 3.63) is 0 Å². The van der Waals surface area contributed by atoms with Crippen LogP contribution >= 0.6 is 0 Å². The summed E-state index contributed by atoms with van der Waals surface area (Å²) in [7, 11) is 2.15. The van der Waals surface area contributed by atoms with Crippen LogP contribution in [0.15, 0.2) is 0 Å². The Labute approximate surface area is 82.5 Å². The maximum absolute atomic E-state index is 5.31. The molecule has 0 bridgehead atoms. The molecule has 1 nitrogen and oxygen atoms in total. The van der Waals surface area contributed by atoms with Gasteiger partial charge < -0.3 is 0 Å². The standard InChI is InChI=1S/C12H21N/c1-5-6-13(4)12-8-10(2)7-11(3)9-12/h1,10-12H,6-9H2,2-4H3. The molecule has 0 aromatic rings. The fraction of sp³-hybridized carbons (Fsp3) is 0.833. The maximum atomic E-state index is 5.31. The predicted molar refractivity (Wildman–Crippen MR) is 57.4 cm³/mol. The number of terminal acetylenes is 1. The van der Waals surface area contributed by atoms with Crippen LogP contribution < -0.4 is 0 Å². The molecule has 1 aliphatic rings. The van der Waals surface area contributed by atoms with E-state index in [9.17, 15) is 0 Å². The Morgan fingerprint density at radius 1 is 1.23 bits per heavy atom. The molecule has 0 aromatic carbocycles. The first-order valence-electron chi connectivity index (χ1n) is 5.27. The SMILES string of the molecule is C#CCN(C)C1CC(C)CC(C)C1. The van der Waals surface area contributed by atoms with E-state index in [4.69, 9.17) is 6.42 Å². The van der Waals surface area contributed by atoms with Crippen molar-refractivity contribution in [1.82, 2.24) is 4.90 Å². The Balaban J connectivity index is 2.45. The highest BCUT2D eigenvalue weighted by Gasteiger charge is 2.25. The van der Waals surface area contributed by atoms with Crippen LogP contribution in [0, 0.1) is 24.2 Å². The van der Waals surface area contributed by atoms with E-state index >= 15 is 0 Å². The van der Waals surface area contributed by atoms with Crippen LogP contribution in [0.1, 0.15) is 33.1 Å². The summed E-state index contributed by atoms with van der Waals surface area (Å²) in [5, 5.41) is 0. The Bertz CT molecular complexity index is 182. The zero-order chi connectivity index (χ0) is 9.84. The summed E-state index contributed by atoms with van der Waals surface area (Å²) in [4.78, 5) is 2.33. The highest BCUT2D eigenvalue weighted by Crippen LogP contribution is 2.30. The van der Waals surface area contributed by atoms with Gasteiger partial charge in [0.05, 0.1) is 6.54 Å². The molecule has 1 aliphatic carbocycles. The topological polar surface area (TPSA) is 3.24 Å². The van der Waals surface area contributed by atoms with Gasteiger partial charge in [-0.25, -0.2) is 0 Å². The third kappa shape index (κ3) is 3.04. The third-order valence-electron chi connectivity index (χ3n) is 3.12. The van der Waals surface area contributed by atoms with Gasteiger partial charge in [-0.05, 0) is 38.1 Å². The molecular weight excluding hydrogens is 158 g/mol. The summed E-state index contributed by atoms with van der Waals surface area (Å²) < 4.78 is 0. The Hall–Kier alpha value is -0.480. The van der Waals surface area contributed by atoms with Crippen molar-refractivity contribution in [2.45, 2.75) is 39.2 Å². The monoisotopic (exact) mass is 179 g/mol. The van der Waals surface area contributed by atoms with Gasteiger partial charge in [-0.2, -0.15) is 0 Å². The molecule has 1 saturated carbocycles. The summed E-state index contributed by atoms with van der Waals surface area (Å²) in [6, 6.07) is 0.717. The molecule has 0 heterocycles. The van der Waals surface area contributed by atoms with E-state index in [0.717, 1.165) is 24.4 Å². The zero-order valence-electron chi connectivity index (χ0n) is 9.09. The second-order valence-electron chi connectivity index (χ2n) is 4.69. The average Bonchev–Trinajstić information content (AvgIpc) is 2.03. The lowest BCUT2D eigenvalue weighted by Gasteiger charge is -2.36. The van der Waals surface area contributed by atoms with Crippen molar-refractivity contribution in [1.29, 1.82) is 0 Å². The van der Waals surface area contributed by atoms with Gasteiger partial charge in [0.2, 0.25) is 0 Å². The zero-order valence-corrected chi connectivity index (χ0v) is 9.09. The Kier molecular flexibility index (Phi) is 3.81. The first-order valence-corrected chi connectivity index (χ1v) is 5.27. The molecule has 0 radical (unpaired) electrons. The molecule has 0 spiro atoms. The van der Waals surface area contributed by atoms with Crippen LogP contribution in [-0.4, -0.2) is 24.5 Å². The summed E-state index contributed by atoms with van der Waals surface area (Å²) in [5.41, 5.74) is 0. The van der Waals surface area contributed by atoms with Gasteiger partial charge in [0.15, 0.2) is 0 Å². The van der Waals surface area contributed by atoms with E-state index in [1.54, 1.807) is 0 Å². The van der Waals surface area contributed by atoms with Crippen molar-refractivity contribution < 1.29 is 0 Å². The van der Waals surface area contributed by atoms with Gasteiger partial charge in [-0.3, -0.25) is 4.90 Å². The lowest BCUT2D eigenvalue weighted by atomic mass is 9.80. The van der Waals surface area contributed by atoms with E-state index < -0.39 is 0 Å². The summed E-state index contributed by atoms with van der Waals surface area (Å²) >= 11 is 0. The molecule has 0 aromatic heterocycles. The molecule has 74 valence electrons. The first-order chi connectivity index (χ1) is 6.13. The van der Waals surface area contributed by atoms with E-state index in [0.29, 0.717) is 0 Å². The maximum Gasteiger partial charge on any atom is 0.0598 e. The van der Waals surface area contributed by atoms with Gasteiger partial charge >= 0.3 is 0 Å². The van der Waals surface area contributed by atoms with Crippen molar-refractivity contribution in [3.63, 3.8) is 0 Å². The summed E-state index contributed by atoms with van der Waals surface area (Å²) in [6.45, 7) is 5.50. The van der Waals surface area contributed by atoms with Crippen LogP contribution in [0.4, 0.5) is 0 Å². The molecular formula is C12H21N. The van der Waals surface area contributed by atoms with E-state index in [-0.39, 0.29) is 0 Å². The first kappa shape index (κ1) is 10.6. The number of hydrogen-bond acceptors (Lipinski definition) is 1. The summed E-state index contributed by atoms with van der Waals surface area (Å²) in [5.74, 6) is 4.46. The molecule has 0 amide bonds. The van der Waals surface area contributed by atoms with Gasteiger partial charge in [-0.15, -0.1) is 6.42 Å². The minimum absolute atomic E-state index is 0.717. The molecule has 1 heteroatoms. The fourth-order valence-corrected chi connectivity index (χ4v) is 2.54. The smallest absolute Gasteiger partial charge is 0.0598 e. The van der Waals surface area contributed by atoms with E-state index in [1.807, 2.05) is 0 Å². The van der Waals surface area contributed by atoms with Gasteiger partial charge in [0.1, 0.15) is 0 Å². The average molecular weight is 179 g/mol. The van der Waals surface area contributed by atoms with Crippen molar-refractivity contribution in [3.8, 4) is 12.3 Å². The van der Waals surface area contributed by atoms with Crippen LogP contribution in [0.25, 0.3) is 0 Å². The molecule has 0 N–H and O–H groups in total. The van der Waals surface area contributed by atoms with Crippen LogP contribution in [0.3, 0.4) is 0 Å². The highest BCUT2D eigenvalue weighted by atomic mass is 15.1. The highest BCUT2D eigenvalue weighted by molar-refractivity contribution is 4.91. The molecule has 1 rings (SSSR count). The lowest BCUT2D eigenvalue weighted by molar-refractivity contribution is 0.146. The fourth-order valence-electron chi connectivity index (χ4n) is 2.54. The molecule has 13 heavy (non-hydrogen) atoms. The van der Waals surface area contributed by atoms with Gasteiger partial charge in [-0.1, -0.05) is 19.8 Å². The minimum Gasteiger partial charge on any atom is -0.292 e. The van der Waals surface area contributed by atoms with Gasteiger partial charge in [0, 0.05) is 6.04 Å². The van der Waals surface area contributed by atoms with E-state index in [2.05, 4.69) is 31.7 Å². The lowest BCUT2D eigenvalue weighted by Crippen LogP contribution is -2.38. The van der Waals surface area contributed by atoms with E-state index in [1.165, 1.54) is 19.3 Å². The van der Waals surface area contributed by atoms with Crippen molar-refractivity contribution in [2.24, 2.45) is 11.8 Å². The molecule has 0 aliphatic heterocycles. The molecule has 2 unspecified atom stereocenters.